The zero-order valence-corrected chi connectivity index (χ0v) is 8.61. The average Bonchev–Trinajstić information content (AvgIpc) is 2.59. The molecule has 1 aromatic heterocycles. The van der Waals surface area contributed by atoms with Gasteiger partial charge in [-0.25, -0.2) is 4.98 Å². The number of hydrogen-bond acceptors (Lipinski definition) is 4. The molecule has 1 aromatic carbocycles. The van der Waals surface area contributed by atoms with Gasteiger partial charge in [0.05, 0.1) is 13.5 Å². The van der Waals surface area contributed by atoms with E-state index in [1.807, 2.05) is 18.2 Å². The van der Waals surface area contributed by atoms with Crippen LogP contribution in [0.1, 0.15) is 11.5 Å². The fourth-order valence-corrected chi connectivity index (χ4v) is 1.49. The third kappa shape index (κ3) is 1.83. The Morgan fingerprint density at radius 3 is 3.07 bits per heavy atom. The Morgan fingerprint density at radius 2 is 2.33 bits per heavy atom. The number of carbonyl (C=O) groups excluding carboxylic acids is 1. The Bertz CT molecular complexity index is 502. The number of esters is 1. The van der Waals surface area contributed by atoms with Crippen molar-refractivity contribution in [1.29, 1.82) is 0 Å². The molecule has 0 bridgehead atoms. The fraction of sp³-hybridized carbons (Fsp3) is 0.273. The van der Waals surface area contributed by atoms with Crippen molar-refractivity contribution in [2.45, 2.75) is 13.3 Å². The lowest BCUT2D eigenvalue weighted by Gasteiger charge is -1.99. The van der Waals surface area contributed by atoms with E-state index in [1.165, 1.54) is 7.11 Å². The van der Waals surface area contributed by atoms with Gasteiger partial charge in [-0.3, -0.25) is 4.79 Å². The van der Waals surface area contributed by atoms with Crippen LogP contribution in [0.3, 0.4) is 0 Å². The second-order valence-corrected chi connectivity index (χ2v) is 3.25. The predicted molar refractivity (Wildman–Crippen MR) is 54.5 cm³/mol. The van der Waals surface area contributed by atoms with Crippen LogP contribution in [0.25, 0.3) is 11.1 Å². The molecule has 0 unspecified atom stereocenters. The Hall–Kier alpha value is -1.84. The standard InChI is InChI=1S/C11H11NO3/c1-7-12-11-8(6-10(13)14-2)4-3-5-9(11)15-7/h3-5H,6H2,1-2H3. The maximum atomic E-state index is 11.2. The molecule has 0 saturated carbocycles. The third-order valence-corrected chi connectivity index (χ3v) is 2.17. The van der Waals surface area contributed by atoms with Crippen LogP contribution in [0.15, 0.2) is 22.6 Å². The number of carbonyl (C=O) groups is 1. The molecule has 0 aliphatic carbocycles. The smallest absolute Gasteiger partial charge is 0.310 e. The normalized spacial score (nSPS) is 10.5. The van der Waals surface area contributed by atoms with Crippen molar-refractivity contribution in [3.63, 3.8) is 0 Å². The highest BCUT2D eigenvalue weighted by Crippen LogP contribution is 2.19. The molecule has 15 heavy (non-hydrogen) atoms. The van der Waals surface area contributed by atoms with Gasteiger partial charge in [-0.15, -0.1) is 0 Å². The van der Waals surface area contributed by atoms with Crippen molar-refractivity contribution in [3.05, 3.63) is 29.7 Å². The largest absolute Gasteiger partial charge is 0.469 e. The van der Waals surface area contributed by atoms with Crippen LogP contribution in [0.4, 0.5) is 0 Å². The number of oxazole rings is 1. The molecule has 1 heterocycles. The summed E-state index contributed by atoms with van der Waals surface area (Å²) in [5.41, 5.74) is 2.27. The van der Waals surface area contributed by atoms with Crippen LogP contribution in [0.2, 0.25) is 0 Å². The Morgan fingerprint density at radius 1 is 1.53 bits per heavy atom. The average molecular weight is 205 g/mol. The Balaban J connectivity index is 2.46. The summed E-state index contributed by atoms with van der Waals surface area (Å²) in [5.74, 6) is 0.325. The minimum absolute atomic E-state index is 0.222. The predicted octanol–water partition coefficient (Wildman–Crippen LogP) is 1.85. The Labute approximate surface area is 86.9 Å². The van der Waals surface area contributed by atoms with Crippen molar-refractivity contribution < 1.29 is 13.9 Å². The third-order valence-electron chi connectivity index (χ3n) is 2.17. The molecular weight excluding hydrogens is 194 g/mol. The van der Waals surface area contributed by atoms with Crippen molar-refractivity contribution in [2.75, 3.05) is 7.11 Å². The first kappa shape index (κ1) is 9.71. The minimum Gasteiger partial charge on any atom is -0.469 e. The van der Waals surface area contributed by atoms with Crippen LogP contribution in [-0.4, -0.2) is 18.1 Å². The SMILES string of the molecule is COC(=O)Cc1cccc2oc(C)nc12. The number of ether oxygens (including phenoxy) is 1. The molecule has 78 valence electrons. The van der Waals surface area contributed by atoms with E-state index in [-0.39, 0.29) is 12.4 Å². The summed E-state index contributed by atoms with van der Waals surface area (Å²) in [7, 11) is 1.37. The van der Waals surface area contributed by atoms with E-state index in [4.69, 9.17) is 4.42 Å². The number of benzene rings is 1. The van der Waals surface area contributed by atoms with E-state index in [2.05, 4.69) is 9.72 Å². The van der Waals surface area contributed by atoms with Crippen molar-refractivity contribution in [1.82, 2.24) is 4.98 Å². The molecule has 0 saturated heterocycles. The van der Waals surface area contributed by atoms with E-state index in [0.717, 1.165) is 11.1 Å². The van der Waals surface area contributed by atoms with E-state index < -0.39 is 0 Å². The molecule has 0 radical (unpaired) electrons. The molecule has 0 atom stereocenters. The van der Waals surface area contributed by atoms with Crippen molar-refractivity contribution in [2.24, 2.45) is 0 Å². The second kappa shape index (κ2) is 3.73. The number of fused-ring (bicyclic) bond motifs is 1. The van der Waals surface area contributed by atoms with Crippen LogP contribution in [0.5, 0.6) is 0 Å². The lowest BCUT2D eigenvalue weighted by molar-refractivity contribution is -0.139. The number of aryl methyl sites for hydroxylation is 1. The zero-order valence-electron chi connectivity index (χ0n) is 8.61. The zero-order chi connectivity index (χ0) is 10.8. The number of aromatic nitrogens is 1. The van der Waals surface area contributed by atoms with Crippen molar-refractivity contribution in [3.8, 4) is 0 Å². The van der Waals surface area contributed by atoms with Gasteiger partial charge in [0.1, 0.15) is 5.52 Å². The van der Waals surface area contributed by atoms with E-state index in [1.54, 1.807) is 6.92 Å². The summed E-state index contributed by atoms with van der Waals surface area (Å²) in [6.45, 7) is 1.78. The quantitative estimate of drug-likeness (QED) is 0.702. The first-order chi connectivity index (χ1) is 7.20. The first-order valence-electron chi connectivity index (χ1n) is 4.62. The number of nitrogens with zero attached hydrogens (tertiary/aromatic N) is 1. The highest BCUT2D eigenvalue weighted by Gasteiger charge is 2.10. The Kier molecular flexibility index (Phi) is 2.41. The van der Waals surface area contributed by atoms with Gasteiger partial charge in [0, 0.05) is 6.92 Å². The van der Waals surface area contributed by atoms with Gasteiger partial charge >= 0.3 is 5.97 Å². The van der Waals surface area contributed by atoms with Crippen molar-refractivity contribution >= 4 is 17.1 Å². The van der Waals surface area contributed by atoms with Gasteiger partial charge < -0.3 is 9.15 Å². The summed E-state index contributed by atoms with van der Waals surface area (Å²) in [5, 5.41) is 0. The molecule has 2 aromatic rings. The molecule has 0 aliphatic heterocycles. The molecule has 2 rings (SSSR count). The van der Waals surface area contributed by atoms with Gasteiger partial charge in [0.2, 0.25) is 0 Å². The molecule has 0 fully saturated rings. The molecule has 0 N–H and O–H groups in total. The lowest BCUT2D eigenvalue weighted by atomic mass is 10.1. The number of rotatable bonds is 2. The molecule has 0 spiro atoms. The molecule has 0 aliphatic rings. The molecule has 0 amide bonds. The van der Waals surface area contributed by atoms with Gasteiger partial charge in [-0.2, -0.15) is 0 Å². The maximum absolute atomic E-state index is 11.2. The van der Waals surface area contributed by atoms with Crippen LogP contribution < -0.4 is 0 Å². The van der Waals surface area contributed by atoms with Crippen LogP contribution >= 0.6 is 0 Å². The van der Waals surface area contributed by atoms with Gasteiger partial charge in [-0.1, -0.05) is 12.1 Å². The second-order valence-electron chi connectivity index (χ2n) is 3.25. The van der Waals surface area contributed by atoms with E-state index in [0.29, 0.717) is 11.5 Å². The van der Waals surface area contributed by atoms with Crippen LogP contribution in [-0.2, 0) is 16.0 Å². The van der Waals surface area contributed by atoms with Gasteiger partial charge in [0.15, 0.2) is 11.5 Å². The minimum atomic E-state index is -0.275. The molecule has 4 nitrogen and oxygen atoms in total. The number of para-hydroxylation sites is 1. The summed E-state index contributed by atoms with van der Waals surface area (Å²) in [6.07, 6.45) is 0.222. The summed E-state index contributed by atoms with van der Waals surface area (Å²) >= 11 is 0. The van der Waals surface area contributed by atoms with Gasteiger partial charge in [-0.05, 0) is 11.6 Å². The number of hydrogen-bond donors (Lipinski definition) is 0. The highest BCUT2D eigenvalue weighted by molar-refractivity contribution is 5.82. The fourth-order valence-electron chi connectivity index (χ4n) is 1.49. The van der Waals surface area contributed by atoms with Gasteiger partial charge in [0.25, 0.3) is 0 Å². The monoisotopic (exact) mass is 205 g/mol. The number of methoxy groups -OCH3 is 1. The van der Waals surface area contributed by atoms with Crippen LogP contribution in [0, 0.1) is 6.92 Å². The van der Waals surface area contributed by atoms with E-state index in [9.17, 15) is 4.79 Å². The highest BCUT2D eigenvalue weighted by atomic mass is 16.5. The summed E-state index contributed by atoms with van der Waals surface area (Å²) < 4.78 is 9.97. The summed E-state index contributed by atoms with van der Waals surface area (Å²) in [6, 6.07) is 5.52. The van der Waals surface area contributed by atoms with E-state index >= 15 is 0 Å². The maximum Gasteiger partial charge on any atom is 0.310 e. The first-order valence-corrected chi connectivity index (χ1v) is 4.62. The molecule has 4 heteroatoms. The molecular formula is C11H11NO3. The topological polar surface area (TPSA) is 52.3 Å². The lowest BCUT2D eigenvalue weighted by Crippen LogP contribution is -2.04. The summed E-state index contributed by atoms with van der Waals surface area (Å²) in [4.78, 5) is 15.4.